The minimum absolute atomic E-state index is 0. The molecule has 1 atom stereocenters. The topological polar surface area (TPSA) is 113 Å². The molecule has 1 heterocycles. The number of nitrogens with zero attached hydrogens (tertiary/aromatic N) is 2. The van der Waals surface area contributed by atoms with Crippen molar-refractivity contribution in [1.29, 1.82) is 0 Å². The number of aliphatic imine (C=N–C) groups is 1. The maximum Gasteiger partial charge on any atom is 0.246 e. The van der Waals surface area contributed by atoms with Crippen LogP contribution in [-0.4, -0.2) is 56.4 Å². The molecule has 0 aliphatic rings. The van der Waals surface area contributed by atoms with Crippen LogP contribution in [0.1, 0.15) is 20.3 Å². The van der Waals surface area contributed by atoms with Gasteiger partial charge in [0, 0.05) is 25.0 Å². The van der Waals surface area contributed by atoms with Crippen molar-refractivity contribution in [2.24, 2.45) is 4.99 Å². The molecule has 1 aromatic heterocycles. The Balaban J connectivity index is 0.00000576. The Morgan fingerprint density at radius 3 is 2.68 bits per heavy atom. The van der Waals surface area contributed by atoms with E-state index in [0.29, 0.717) is 24.6 Å². The minimum atomic E-state index is -3.00. The molecular formula is C15H26IN5O3S. The molecule has 0 aliphatic carbocycles. The number of anilines is 1. The van der Waals surface area contributed by atoms with Gasteiger partial charge in [0.1, 0.15) is 16.4 Å². The maximum atomic E-state index is 11.9. The van der Waals surface area contributed by atoms with Gasteiger partial charge in [-0.3, -0.25) is 9.78 Å². The van der Waals surface area contributed by atoms with E-state index in [1.807, 2.05) is 13.8 Å². The van der Waals surface area contributed by atoms with Crippen molar-refractivity contribution >= 4 is 51.4 Å². The average molecular weight is 483 g/mol. The van der Waals surface area contributed by atoms with Crippen LogP contribution in [-0.2, 0) is 14.6 Å². The fourth-order valence-corrected chi connectivity index (χ4v) is 2.59. The predicted octanol–water partition coefficient (Wildman–Crippen LogP) is 1.02. The van der Waals surface area contributed by atoms with Crippen LogP contribution >= 0.6 is 24.0 Å². The first-order valence-electron chi connectivity index (χ1n) is 7.72. The van der Waals surface area contributed by atoms with E-state index in [4.69, 9.17) is 0 Å². The molecule has 1 rings (SSSR count). The number of carbonyl (C=O) groups is 1. The van der Waals surface area contributed by atoms with Crippen LogP contribution in [0.25, 0.3) is 0 Å². The molecule has 0 saturated carbocycles. The number of amides is 1. The summed E-state index contributed by atoms with van der Waals surface area (Å²) in [5, 5.41) is 8.81. The molecule has 0 spiro atoms. The lowest BCUT2D eigenvalue weighted by Crippen LogP contribution is -2.43. The molecule has 0 fully saturated rings. The summed E-state index contributed by atoms with van der Waals surface area (Å²) in [6, 6.07) is 3.39. The van der Waals surface area contributed by atoms with Gasteiger partial charge in [-0.2, -0.15) is 0 Å². The van der Waals surface area contributed by atoms with Gasteiger partial charge >= 0.3 is 0 Å². The van der Waals surface area contributed by atoms with Gasteiger partial charge in [0.25, 0.3) is 0 Å². The zero-order chi connectivity index (χ0) is 18.0. The summed E-state index contributed by atoms with van der Waals surface area (Å²) in [5.41, 5.74) is 0.609. The van der Waals surface area contributed by atoms with Crippen LogP contribution in [0.2, 0.25) is 0 Å². The minimum Gasteiger partial charge on any atom is -0.357 e. The molecule has 8 nitrogen and oxygen atoms in total. The van der Waals surface area contributed by atoms with Crippen LogP contribution in [0.4, 0.5) is 5.69 Å². The molecule has 0 radical (unpaired) electrons. The first kappa shape index (κ1) is 23.6. The first-order chi connectivity index (χ1) is 11.3. The lowest BCUT2D eigenvalue weighted by Gasteiger charge is -2.17. The van der Waals surface area contributed by atoms with Gasteiger partial charge < -0.3 is 16.0 Å². The van der Waals surface area contributed by atoms with Crippen LogP contribution in [0, 0.1) is 0 Å². The Morgan fingerprint density at radius 2 is 2.12 bits per heavy atom. The highest BCUT2D eigenvalue weighted by atomic mass is 127. The van der Waals surface area contributed by atoms with Gasteiger partial charge in [-0.05, 0) is 32.4 Å². The lowest BCUT2D eigenvalue weighted by molar-refractivity contribution is -0.114. The van der Waals surface area contributed by atoms with Crippen molar-refractivity contribution in [2.75, 3.05) is 30.4 Å². The second-order valence-electron chi connectivity index (χ2n) is 5.45. The summed E-state index contributed by atoms with van der Waals surface area (Å²) in [7, 11) is -3.00. The van der Waals surface area contributed by atoms with E-state index >= 15 is 0 Å². The van der Waals surface area contributed by atoms with E-state index in [1.165, 1.54) is 6.26 Å². The standard InChI is InChI=1S/C15H25N5O3S.HI/c1-4-17-15(19-12(2)7-9-24(3,22)23)18-11-14(21)20-13-6-5-8-16-10-13;/h5-6,8,10,12H,4,7,9,11H2,1-3H3,(H,20,21)(H2,17,18,19);1H. The van der Waals surface area contributed by atoms with Gasteiger partial charge in [0.05, 0.1) is 17.6 Å². The Bertz CT molecular complexity index is 652. The van der Waals surface area contributed by atoms with E-state index in [1.54, 1.807) is 24.5 Å². The second kappa shape index (κ2) is 12.0. The lowest BCUT2D eigenvalue weighted by atomic mass is 10.3. The van der Waals surface area contributed by atoms with Gasteiger partial charge in [-0.15, -0.1) is 24.0 Å². The zero-order valence-electron chi connectivity index (χ0n) is 14.7. The fraction of sp³-hybridized carbons (Fsp3) is 0.533. The third kappa shape index (κ3) is 11.7. The molecular weight excluding hydrogens is 457 g/mol. The third-order valence-electron chi connectivity index (χ3n) is 2.98. The number of sulfone groups is 1. The summed E-state index contributed by atoms with van der Waals surface area (Å²) < 4.78 is 22.4. The van der Waals surface area contributed by atoms with Crippen molar-refractivity contribution in [1.82, 2.24) is 15.6 Å². The zero-order valence-corrected chi connectivity index (χ0v) is 17.8. The molecule has 1 unspecified atom stereocenters. The molecule has 0 saturated heterocycles. The number of rotatable bonds is 8. The van der Waals surface area contributed by atoms with E-state index < -0.39 is 9.84 Å². The summed E-state index contributed by atoms with van der Waals surface area (Å²) in [6.45, 7) is 4.36. The molecule has 1 aromatic rings. The highest BCUT2D eigenvalue weighted by Crippen LogP contribution is 2.02. The summed E-state index contributed by atoms with van der Waals surface area (Å²) in [5.74, 6) is 0.311. The number of hydrogen-bond acceptors (Lipinski definition) is 5. The number of nitrogens with one attached hydrogen (secondary N) is 3. The van der Waals surface area contributed by atoms with Crippen LogP contribution < -0.4 is 16.0 Å². The van der Waals surface area contributed by atoms with Gasteiger partial charge in [0.15, 0.2) is 5.96 Å². The second-order valence-corrected chi connectivity index (χ2v) is 7.71. The number of halogens is 1. The molecule has 0 bridgehead atoms. The molecule has 0 aliphatic heterocycles. The largest absolute Gasteiger partial charge is 0.357 e. The number of guanidine groups is 1. The molecule has 25 heavy (non-hydrogen) atoms. The Morgan fingerprint density at radius 1 is 1.40 bits per heavy atom. The van der Waals surface area contributed by atoms with Crippen molar-refractivity contribution in [3.05, 3.63) is 24.5 Å². The number of aromatic nitrogens is 1. The van der Waals surface area contributed by atoms with E-state index in [0.717, 1.165) is 0 Å². The summed E-state index contributed by atoms with van der Waals surface area (Å²) >= 11 is 0. The van der Waals surface area contributed by atoms with Crippen LogP contribution in [0.15, 0.2) is 29.5 Å². The predicted molar refractivity (Wildman–Crippen MR) is 111 cm³/mol. The molecule has 1 amide bonds. The number of hydrogen-bond donors (Lipinski definition) is 3. The SMILES string of the molecule is CCNC(=NCC(=O)Nc1cccnc1)NC(C)CCS(C)(=O)=O.I. The summed E-state index contributed by atoms with van der Waals surface area (Å²) in [6.07, 6.45) is 4.85. The summed E-state index contributed by atoms with van der Waals surface area (Å²) in [4.78, 5) is 20.0. The highest BCUT2D eigenvalue weighted by Gasteiger charge is 2.10. The van der Waals surface area contributed by atoms with E-state index in [9.17, 15) is 13.2 Å². The van der Waals surface area contributed by atoms with Crippen molar-refractivity contribution in [2.45, 2.75) is 26.3 Å². The Hall–Kier alpha value is -1.43. The number of pyridine rings is 1. The molecule has 10 heteroatoms. The number of carbonyl (C=O) groups excluding carboxylic acids is 1. The maximum absolute atomic E-state index is 11.9. The van der Waals surface area contributed by atoms with Crippen molar-refractivity contribution < 1.29 is 13.2 Å². The van der Waals surface area contributed by atoms with E-state index in [2.05, 4.69) is 25.9 Å². The van der Waals surface area contributed by atoms with Gasteiger partial charge in [-0.1, -0.05) is 0 Å². The molecule has 3 N–H and O–H groups in total. The average Bonchev–Trinajstić information content (AvgIpc) is 2.51. The van der Waals surface area contributed by atoms with E-state index in [-0.39, 0.29) is 48.2 Å². The van der Waals surface area contributed by atoms with Gasteiger partial charge in [-0.25, -0.2) is 13.4 Å². The quantitative estimate of drug-likeness (QED) is 0.289. The van der Waals surface area contributed by atoms with Crippen molar-refractivity contribution in [3.8, 4) is 0 Å². The van der Waals surface area contributed by atoms with Crippen LogP contribution in [0.5, 0.6) is 0 Å². The van der Waals surface area contributed by atoms with Gasteiger partial charge in [0.2, 0.25) is 5.91 Å². The normalized spacial score (nSPS) is 12.7. The monoisotopic (exact) mass is 483 g/mol. The third-order valence-corrected chi connectivity index (χ3v) is 3.95. The molecule has 142 valence electrons. The highest BCUT2D eigenvalue weighted by molar-refractivity contribution is 14.0. The fourth-order valence-electron chi connectivity index (χ4n) is 1.80. The Kier molecular flexibility index (Phi) is 11.3. The first-order valence-corrected chi connectivity index (χ1v) is 9.78. The van der Waals surface area contributed by atoms with Crippen molar-refractivity contribution in [3.63, 3.8) is 0 Å². The van der Waals surface area contributed by atoms with Crippen LogP contribution in [0.3, 0.4) is 0 Å². The Labute approximate surface area is 166 Å². The molecule has 0 aromatic carbocycles. The smallest absolute Gasteiger partial charge is 0.246 e.